The van der Waals surface area contributed by atoms with Crippen molar-refractivity contribution in [1.29, 1.82) is 15.8 Å². The van der Waals surface area contributed by atoms with Gasteiger partial charge in [-0.15, -0.1) is 0 Å². The van der Waals surface area contributed by atoms with Crippen LogP contribution in [-0.2, 0) is 0 Å². The van der Waals surface area contributed by atoms with Gasteiger partial charge >= 0.3 is 0 Å². The largest absolute Gasteiger partial charge is 0.198 e. The maximum absolute atomic E-state index is 8.51. The third kappa shape index (κ3) is 10.7. The summed E-state index contributed by atoms with van der Waals surface area (Å²) in [6.07, 6.45) is 9.22. The Morgan fingerprint density at radius 1 is 0.588 bits per heavy atom. The molecular weight excluding hydrogens is 210 g/mol. The standard InChI is InChI=1S/C14H21N3/c15-11-5-1-2-8-14(9-3-6-12-16)10-4-7-13-17/h14H,1-10H2. The highest BCUT2D eigenvalue weighted by atomic mass is 14.2. The van der Waals surface area contributed by atoms with Crippen LogP contribution in [0.15, 0.2) is 0 Å². The van der Waals surface area contributed by atoms with E-state index in [1.54, 1.807) is 0 Å². The molecule has 0 saturated heterocycles. The Bertz CT molecular complexity index is 270. The lowest BCUT2D eigenvalue weighted by Gasteiger charge is -2.15. The first-order valence-corrected chi connectivity index (χ1v) is 6.46. The van der Waals surface area contributed by atoms with Gasteiger partial charge < -0.3 is 0 Å². The van der Waals surface area contributed by atoms with Crippen molar-refractivity contribution < 1.29 is 0 Å². The lowest BCUT2D eigenvalue weighted by Crippen LogP contribution is -2.01. The van der Waals surface area contributed by atoms with Crippen LogP contribution in [0.5, 0.6) is 0 Å². The van der Waals surface area contributed by atoms with Crippen molar-refractivity contribution in [2.24, 2.45) is 5.92 Å². The van der Waals surface area contributed by atoms with Gasteiger partial charge in [-0.05, 0) is 38.0 Å². The van der Waals surface area contributed by atoms with Gasteiger partial charge in [-0.3, -0.25) is 0 Å². The lowest BCUT2D eigenvalue weighted by atomic mass is 9.91. The van der Waals surface area contributed by atoms with Crippen molar-refractivity contribution in [3.05, 3.63) is 0 Å². The van der Waals surface area contributed by atoms with Crippen LogP contribution in [-0.4, -0.2) is 0 Å². The van der Waals surface area contributed by atoms with E-state index in [4.69, 9.17) is 15.8 Å². The Hall–Kier alpha value is -1.53. The highest BCUT2D eigenvalue weighted by Crippen LogP contribution is 2.22. The van der Waals surface area contributed by atoms with E-state index in [1.807, 2.05) is 0 Å². The number of unbranched alkanes of at least 4 members (excludes halogenated alkanes) is 4. The molecule has 0 N–H and O–H groups in total. The van der Waals surface area contributed by atoms with Crippen molar-refractivity contribution in [2.45, 2.75) is 64.2 Å². The van der Waals surface area contributed by atoms with Gasteiger partial charge in [-0.2, -0.15) is 15.8 Å². The summed E-state index contributed by atoms with van der Waals surface area (Å²) in [5, 5.41) is 25.5. The summed E-state index contributed by atoms with van der Waals surface area (Å²) in [5.41, 5.74) is 0. The van der Waals surface area contributed by atoms with Crippen molar-refractivity contribution in [2.75, 3.05) is 0 Å². The minimum Gasteiger partial charge on any atom is -0.198 e. The Balaban J connectivity index is 3.73. The van der Waals surface area contributed by atoms with E-state index in [0.29, 0.717) is 25.2 Å². The van der Waals surface area contributed by atoms with Gasteiger partial charge in [0.1, 0.15) is 0 Å². The molecule has 0 aromatic heterocycles. The molecule has 0 aliphatic carbocycles. The normalized spacial score (nSPS) is 9.53. The van der Waals surface area contributed by atoms with Crippen LogP contribution in [0.1, 0.15) is 64.2 Å². The lowest BCUT2D eigenvalue weighted by molar-refractivity contribution is 0.387. The molecule has 0 aromatic rings. The SMILES string of the molecule is N#CCCCCC(CCCC#N)CCCC#N. The zero-order valence-corrected chi connectivity index (χ0v) is 10.5. The molecule has 17 heavy (non-hydrogen) atoms. The van der Waals surface area contributed by atoms with E-state index >= 15 is 0 Å². The number of rotatable bonds is 10. The van der Waals surface area contributed by atoms with Crippen molar-refractivity contribution >= 4 is 0 Å². The van der Waals surface area contributed by atoms with Crippen LogP contribution in [0.25, 0.3) is 0 Å². The van der Waals surface area contributed by atoms with E-state index in [0.717, 1.165) is 44.9 Å². The van der Waals surface area contributed by atoms with E-state index in [2.05, 4.69) is 18.2 Å². The molecule has 3 heteroatoms. The van der Waals surface area contributed by atoms with Crippen molar-refractivity contribution in [3.63, 3.8) is 0 Å². The molecule has 0 aliphatic heterocycles. The summed E-state index contributed by atoms with van der Waals surface area (Å²) in [6.45, 7) is 0. The van der Waals surface area contributed by atoms with Gasteiger partial charge in [0.05, 0.1) is 18.2 Å². The molecule has 3 nitrogen and oxygen atoms in total. The van der Waals surface area contributed by atoms with Gasteiger partial charge in [0.2, 0.25) is 0 Å². The van der Waals surface area contributed by atoms with Crippen molar-refractivity contribution in [3.8, 4) is 18.2 Å². The van der Waals surface area contributed by atoms with Crippen LogP contribution in [0.2, 0.25) is 0 Å². The number of hydrogen-bond acceptors (Lipinski definition) is 3. The molecular formula is C14H21N3. The van der Waals surface area contributed by atoms with Gasteiger partial charge in [-0.25, -0.2) is 0 Å². The molecule has 0 rings (SSSR count). The highest BCUT2D eigenvalue weighted by molar-refractivity contribution is 4.74. The minimum absolute atomic E-state index is 0.632. The Labute approximate surface area is 105 Å². The quantitative estimate of drug-likeness (QED) is 0.532. The molecule has 0 heterocycles. The number of nitrogens with zero attached hydrogens (tertiary/aromatic N) is 3. The summed E-state index contributed by atoms with van der Waals surface area (Å²) < 4.78 is 0. The van der Waals surface area contributed by atoms with E-state index < -0.39 is 0 Å². The summed E-state index contributed by atoms with van der Waals surface area (Å²) in [6, 6.07) is 6.50. The second-order valence-electron chi connectivity index (χ2n) is 4.37. The zero-order valence-electron chi connectivity index (χ0n) is 10.5. The Kier molecular flexibility index (Phi) is 11.4. The molecule has 0 aromatic carbocycles. The summed E-state index contributed by atoms with van der Waals surface area (Å²) in [4.78, 5) is 0. The average Bonchev–Trinajstić information content (AvgIpc) is 2.34. The van der Waals surface area contributed by atoms with Crippen molar-refractivity contribution in [1.82, 2.24) is 0 Å². The maximum atomic E-state index is 8.51. The molecule has 0 atom stereocenters. The first-order chi connectivity index (χ1) is 8.35. The molecule has 0 unspecified atom stereocenters. The van der Waals surface area contributed by atoms with E-state index in [-0.39, 0.29) is 0 Å². The molecule has 0 fully saturated rings. The second-order valence-corrected chi connectivity index (χ2v) is 4.37. The summed E-state index contributed by atoms with van der Waals surface area (Å²) in [7, 11) is 0. The van der Waals surface area contributed by atoms with Gasteiger partial charge in [-0.1, -0.05) is 12.8 Å². The number of hydrogen-bond donors (Lipinski definition) is 0. The third-order valence-electron chi connectivity index (χ3n) is 2.95. The minimum atomic E-state index is 0.632. The monoisotopic (exact) mass is 231 g/mol. The Morgan fingerprint density at radius 3 is 1.47 bits per heavy atom. The molecule has 0 amide bonds. The van der Waals surface area contributed by atoms with Crippen LogP contribution < -0.4 is 0 Å². The zero-order chi connectivity index (χ0) is 12.8. The fourth-order valence-electron chi connectivity index (χ4n) is 2.01. The molecule has 0 spiro atoms. The number of nitriles is 3. The molecule has 0 radical (unpaired) electrons. The molecule has 92 valence electrons. The van der Waals surface area contributed by atoms with E-state index in [1.165, 1.54) is 0 Å². The fourth-order valence-corrected chi connectivity index (χ4v) is 2.01. The highest BCUT2D eigenvalue weighted by Gasteiger charge is 2.08. The predicted molar refractivity (Wildman–Crippen MR) is 66.5 cm³/mol. The first-order valence-electron chi connectivity index (χ1n) is 6.46. The topological polar surface area (TPSA) is 71.4 Å². The van der Waals surface area contributed by atoms with Gasteiger partial charge in [0.25, 0.3) is 0 Å². The maximum Gasteiger partial charge on any atom is 0.0621 e. The fraction of sp³-hybridized carbons (Fsp3) is 0.786. The van der Waals surface area contributed by atoms with E-state index in [9.17, 15) is 0 Å². The van der Waals surface area contributed by atoms with Gasteiger partial charge in [0, 0.05) is 19.3 Å². The average molecular weight is 231 g/mol. The molecule has 0 aliphatic rings. The Morgan fingerprint density at radius 2 is 1.00 bits per heavy atom. The van der Waals surface area contributed by atoms with Crippen LogP contribution in [0.4, 0.5) is 0 Å². The van der Waals surface area contributed by atoms with Crippen LogP contribution in [0, 0.1) is 39.9 Å². The predicted octanol–water partition coefficient (Wildman–Crippen LogP) is 4.07. The summed E-state index contributed by atoms with van der Waals surface area (Å²) >= 11 is 0. The van der Waals surface area contributed by atoms with Gasteiger partial charge in [0.15, 0.2) is 0 Å². The first kappa shape index (κ1) is 15.5. The summed E-state index contributed by atoms with van der Waals surface area (Å²) in [5.74, 6) is 0.635. The van der Waals surface area contributed by atoms with Crippen LogP contribution in [0.3, 0.4) is 0 Å². The second kappa shape index (κ2) is 12.5. The molecule has 0 bridgehead atoms. The third-order valence-corrected chi connectivity index (χ3v) is 2.95. The molecule has 0 saturated carbocycles. The van der Waals surface area contributed by atoms with Crippen LogP contribution >= 0.6 is 0 Å². The smallest absolute Gasteiger partial charge is 0.0621 e.